The Morgan fingerprint density at radius 3 is 2.56 bits per heavy atom. The topological polar surface area (TPSA) is 49.4 Å². The van der Waals surface area contributed by atoms with Crippen molar-refractivity contribution in [2.45, 2.75) is 26.8 Å². The van der Waals surface area contributed by atoms with Gasteiger partial charge in [0.1, 0.15) is 6.04 Å². The summed E-state index contributed by atoms with van der Waals surface area (Å²) in [5, 5.41) is 4.66. The zero-order valence-corrected chi connectivity index (χ0v) is 12.1. The normalized spacial score (nSPS) is 12.3. The number of carbonyl (C=O) groups is 2. The van der Waals surface area contributed by atoms with Gasteiger partial charge in [0, 0.05) is 13.6 Å². The van der Waals surface area contributed by atoms with Crippen LogP contribution in [0.15, 0.2) is 17.5 Å². The van der Waals surface area contributed by atoms with E-state index < -0.39 is 6.04 Å². The van der Waals surface area contributed by atoms with Gasteiger partial charge in [-0.15, -0.1) is 11.3 Å². The van der Waals surface area contributed by atoms with Crippen molar-refractivity contribution < 1.29 is 9.59 Å². The summed E-state index contributed by atoms with van der Waals surface area (Å²) in [6, 6.07) is 3.11. The van der Waals surface area contributed by atoms with Crippen molar-refractivity contribution in [1.82, 2.24) is 10.2 Å². The van der Waals surface area contributed by atoms with Crippen molar-refractivity contribution in [2.75, 3.05) is 13.6 Å². The molecule has 1 rings (SSSR count). The number of thiophene rings is 1. The minimum absolute atomic E-state index is 0.0441. The molecule has 0 aliphatic carbocycles. The highest BCUT2D eigenvalue weighted by atomic mass is 32.1. The summed E-state index contributed by atoms with van der Waals surface area (Å²) in [5.41, 5.74) is 0. The Labute approximate surface area is 112 Å². The molecular formula is C13H20N2O2S. The molecule has 0 aromatic carbocycles. The Morgan fingerprint density at radius 1 is 1.44 bits per heavy atom. The molecule has 0 aliphatic heterocycles. The van der Waals surface area contributed by atoms with E-state index in [9.17, 15) is 9.59 Å². The molecule has 4 nitrogen and oxygen atoms in total. The van der Waals surface area contributed by atoms with Gasteiger partial charge < -0.3 is 10.2 Å². The van der Waals surface area contributed by atoms with E-state index in [4.69, 9.17) is 0 Å². The lowest BCUT2D eigenvalue weighted by atomic mass is 10.0. The van der Waals surface area contributed by atoms with Crippen LogP contribution in [0.4, 0.5) is 0 Å². The van der Waals surface area contributed by atoms with Gasteiger partial charge in [-0.1, -0.05) is 19.9 Å². The highest BCUT2D eigenvalue weighted by Crippen LogP contribution is 2.11. The quantitative estimate of drug-likeness (QED) is 0.887. The van der Waals surface area contributed by atoms with E-state index in [0.717, 1.165) is 0 Å². The van der Waals surface area contributed by atoms with Crippen molar-refractivity contribution in [2.24, 2.45) is 5.92 Å². The third-order valence-electron chi connectivity index (χ3n) is 2.81. The van der Waals surface area contributed by atoms with Gasteiger partial charge in [-0.05, 0) is 24.3 Å². The number of likely N-dealkylation sites (N-methyl/N-ethyl adjacent to an activating group) is 1. The number of rotatable bonds is 5. The molecule has 0 spiro atoms. The van der Waals surface area contributed by atoms with E-state index in [1.807, 2.05) is 32.2 Å². The lowest BCUT2D eigenvalue weighted by molar-refractivity contribution is -0.132. The molecule has 1 heterocycles. The Kier molecular flexibility index (Phi) is 5.34. The molecule has 0 saturated carbocycles. The maximum Gasteiger partial charge on any atom is 0.262 e. The third kappa shape index (κ3) is 3.57. The van der Waals surface area contributed by atoms with Crippen LogP contribution in [-0.2, 0) is 4.79 Å². The molecule has 100 valence electrons. The lowest BCUT2D eigenvalue weighted by Crippen LogP contribution is -2.50. The maximum absolute atomic E-state index is 12.1. The zero-order chi connectivity index (χ0) is 13.7. The first kappa shape index (κ1) is 14.7. The molecule has 1 atom stereocenters. The van der Waals surface area contributed by atoms with Gasteiger partial charge in [-0.3, -0.25) is 9.59 Å². The number of hydrogen-bond donors (Lipinski definition) is 1. The largest absolute Gasteiger partial charge is 0.344 e. The first-order valence-corrected chi connectivity index (χ1v) is 6.94. The summed E-state index contributed by atoms with van der Waals surface area (Å²) in [7, 11) is 1.75. The van der Waals surface area contributed by atoms with Crippen LogP contribution in [-0.4, -0.2) is 36.3 Å². The van der Waals surface area contributed by atoms with Gasteiger partial charge >= 0.3 is 0 Å². The lowest BCUT2D eigenvalue weighted by Gasteiger charge is -2.26. The minimum Gasteiger partial charge on any atom is -0.344 e. The van der Waals surface area contributed by atoms with Gasteiger partial charge in [0.05, 0.1) is 4.88 Å². The van der Waals surface area contributed by atoms with Gasteiger partial charge in [-0.25, -0.2) is 0 Å². The van der Waals surface area contributed by atoms with Crippen LogP contribution in [0, 0.1) is 5.92 Å². The van der Waals surface area contributed by atoms with Gasteiger partial charge in [0.15, 0.2) is 0 Å². The summed E-state index contributed by atoms with van der Waals surface area (Å²) >= 11 is 1.37. The molecule has 1 N–H and O–H groups in total. The molecule has 5 heteroatoms. The fourth-order valence-electron chi connectivity index (χ4n) is 1.53. The summed E-state index contributed by atoms with van der Waals surface area (Å²) < 4.78 is 0. The predicted octanol–water partition coefficient (Wildman–Crippen LogP) is 1.98. The molecule has 1 aromatic heterocycles. The predicted molar refractivity (Wildman–Crippen MR) is 73.7 cm³/mol. The fourth-order valence-corrected chi connectivity index (χ4v) is 2.15. The van der Waals surface area contributed by atoms with Crippen molar-refractivity contribution in [3.8, 4) is 0 Å². The van der Waals surface area contributed by atoms with Crippen LogP contribution < -0.4 is 5.32 Å². The molecule has 18 heavy (non-hydrogen) atoms. The molecule has 0 aliphatic rings. The Morgan fingerprint density at radius 2 is 2.11 bits per heavy atom. The van der Waals surface area contributed by atoms with E-state index in [-0.39, 0.29) is 17.7 Å². The van der Waals surface area contributed by atoms with Crippen LogP contribution in [0.5, 0.6) is 0 Å². The Balaban J connectivity index is 2.75. The number of carbonyl (C=O) groups excluding carboxylic acids is 2. The maximum atomic E-state index is 12.1. The summed E-state index contributed by atoms with van der Waals surface area (Å²) in [5.74, 6) is -0.158. The number of amides is 2. The second-order valence-electron chi connectivity index (χ2n) is 4.52. The first-order chi connectivity index (χ1) is 8.47. The summed E-state index contributed by atoms with van der Waals surface area (Å²) in [4.78, 5) is 26.4. The van der Waals surface area contributed by atoms with Crippen LogP contribution in [0.1, 0.15) is 30.4 Å². The minimum atomic E-state index is -0.468. The molecule has 1 unspecified atom stereocenters. The van der Waals surface area contributed by atoms with Crippen LogP contribution in [0.2, 0.25) is 0 Å². The first-order valence-electron chi connectivity index (χ1n) is 6.06. The van der Waals surface area contributed by atoms with Gasteiger partial charge in [0.2, 0.25) is 5.91 Å². The average Bonchev–Trinajstić information content (AvgIpc) is 2.87. The summed E-state index contributed by atoms with van der Waals surface area (Å²) in [6.07, 6.45) is 0. The number of nitrogens with one attached hydrogen (secondary N) is 1. The standard InChI is InChI=1S/C13H20N2O2S/c1-5-15(4)13(17)11(9(2)3)14-12(16)10-7-6-8-18-10/h6-9,11H,5H2,1-4H3,(H,14,16). The van der Waals surface area contributed by atoms with E-state index in [0.29, 0.717) is 11.4 Å². The second kappa shape index (κ2) is 6.54. The number of nitrogens with zero attached hydrogens (tertiary/aromatic N) is 1. The Hall–Kier alpha value is -1.36. The molecule has 0 fully saturated rings. The SMILES string of the molecule is CCN(C)C(=O)C(NC(=O)c1cccs1)C(C)C. The molecule has 0 radical (unpaired) electrons. The second-order valence-corrected chi connectivity index (χ2v) is 5.47. The van der Waals surface area contributed by atoms with Crippen molar-refractivity contribution in [1.29, 1.82) is 0 Å². The van der Waals surface area contributed by atoms with Gasteiger partial charge in [0.25, 0.3) is 5.91 Å². The van der Waals surface area contributed by atoms with Crippen LogP contribution >= 0.6 is 11.3 Å². The number of hydrogen-bond acceptors (Lipinski definition) is 3. The van der Waals surface area contributed by atoms with E-state index in [1.54, 1.807) is 18.0 Å². The zero-order valence-electron chi connectivity index (χ0n) is 11.3. The van der Waals surface area contributed by atoms with E-state index >= 15 is 0 Å². The molecular weight excluding hydrogens is 248 g/mol. The van der Waals surface area contributed by atoms with Crippen LogP contribution in [0.25, 0.3) is 0 Å². The van der Waals surface area contributed by atoms with E-state index in [1.165, 1.54) is 11.3 Å². The van der Waals surface area contributed by atoms with E-state index in [2.05, 4.69) is 5.32 Å². The Bertz CT molecular complexity index is 401. The highest BCUT2D eigenvalue weighted by molar-refractivity contribution is 7.12. The average molecular weight is 268 g/mol. The van der Waals surface area contributed by atoms with Crippen molar-refractivity contribution in [3.05, 3.63) is 22.4 Å². The monoisotopic (exact) mass is 268 g/mol. The molecule has 0 saturated heterocycles. The highest BCUT2D eigenvalue weighted by Gasteiger charge is 2.26. The summed E-state index contributed by atoms with van der Waals surface area (Å²) in [6.45, 7) is 6.41. The third-order valence-corrected chi connectivity index (χ3v) is 3.68. The van der Waals surface area contributed by atoms with Crippen LogP contribution in [0.3, 0.4) is 0 Å². The fraction of sp³-hybridized carbons (Fsp3) is 0.538. The molecule has 2 amide bonds. The molecule has 0 bridgehead atoms. The van der Waals surface area contributed by atoms with Gasteiger partial charge in [-0.2, -0.15) is 0 Å². The van der Waals surface area contributed by atoms with Crippen molar-refractivity contribution in [3.63, 3.8) is 0 Å². The molecule has 1 aromatic rings. The van der Waals surface area contributed by atoms with Crippen molar-refractivity contribution >= 4 is 23.2 Å². The smallest absolute Gasteiger partial charge is 0.262 e.